The van der Waals surface area contributed by atoms with Gasteiger partial charge in [0, 0.05) is 25.0 Å². The molecule has 2 unspecified atom stereocenters. The molecule has 3 heteroatoms. The third-order valence-corrected chi connectivity index (χ3v) is 3.31. The van der Waals surface area contributed by atoms with E-state index in [-0.39, 0.29) is 0 Å². The lowest BCUT2D eigenvalue weighted by Gasteiger charge is -2.31. The second kappa shape index (κ2) is 6.61. The van der Waals surface area contributed by atoms with Gasteiger partial charge in [0.25, 0.3) is 0 Å². The van der Waals surface area contributed by atoms with Gasteiger partial charge < -0.3 is 5.73 Å². The zero-order chi connectivity index (χ0) is 12.0. The summed E-state index contributed by atoms with van der Waals surface area (Å²) in [7, 11) is 0. The molecule has 0 bridgehead atoms. The zero-order valence-corrected chi connectivity index (χ0v) is 10.6. The summed E-state index contributed by atoms with van der Waals surface area (Å²) in [5.41, 5.74) is 7.04. The number of rotatable bonds is 6. The summed E-state index contributed by atoms with van der Waals surface area (Å²) in [6, 6.07) is 4.66. The number of aromatic nitrogens is 1. The highest BCUT2D eigenvalue weighted by atomic mass is 15.1. The summed E-state index contributed by atoms with van der Waals surface area (Å²) in [6.07, 6.45) is 3.69. The fraction of sp³-hybridized carbons (Fsp3) is 0.615. The van der Waals surface area contributed by atoms with Crippen molar-refractivity contribution in [3.05, 3.63) is 30.1 Å². The molecule has 1 aromatic heterocycles. The summed E-state index contributed by atoms with van der Waals surface area (Å²) >= 11 is 0. The molecule has 16 heavy (non-hydrogen) atoms. The first-order chi connectivity index (χ1) is 7.69. The Hall–Kier alpha value is -0.930. The normalized spacial score (nSPS) is 15.1. The lowest BCUT2D eigenvalue weighted by Crippen LogP contribution is -2.39. The molecule has 0 saturated carbocycles. The molecule has 1 rings (SSSR count). The Bertz CT molecular complexity index is 286. The van der Waals surface area contributed by atoms with Gasteiger partial charge in [0.2, 0.25) is 0 Å². The summed E-state index contributed by atoms with van der Waals surface area (Å²) < 4.78 is 0. The largest absolute Gasteiger partial charge is 0.330 e. The van der Waals surface area contributed by atoms with Crippen molar-refractivity contribution in [1.29, 1.82) is 0 Å². The Morgan fingerprint density at radius 3 is 2.44 bits per heavy atom. The summed E-state index contributed by atoms with van der Waals surface area (Å²) in [5.74, 6) is 0.529. The van der Waals surface area contributed by atoms with E-state index in [1.807, 2.05) is 12.4 Å². The molecule has 0 fully saturated rings. The maximum atomic E-state index is 5.72. The Kier molecular flexibility index (Phi) is 5.43. The first kappa shape index (κ1) is 13.1. The molecule has 0 aliphatic rings. The number of nitrogens with zero attached hydrogens (tertiary/aromatic N) is 2. The third kappa shape index (κ3) is 3.58. The molecule has 0 spiro atoms. The smallest absolute Gasteiger partial charge is 0.0271 e. The van der Waals surface area contributed by atoms with E-state index in [0.717, 1.165) is 19.6 Å². The van der Waals surface area contributed by atoms with Gasteiger partial charge in [0.1, 0.15) is 0 Å². The van der Waals surface area contributed by atoms with E-state index in [0.29, 0.717) is 12.0 Å². The van der Waals surface area contributed by atoms with Crippen LogP contribution in [0.4, 0.5) is 0 Å². The highest BCUT2D eigenvalue weighted by Gasteiger charge is 2.17. The lowest BCUT2D eigenvalue weighted by molar-refractivity contribution is 0.164. The van der Waals surface area contributed by atoms with Crippen LogP contribution in [0.2, 0.25) is 0 Å². The number of hydrogen-bond donors (Lipinski definition) is 1. The summed E-state index contributed by atoms with van der Waals surface area (Å²) in [6.45, 7) is 9.43. The van der Waals surface area contributed by atoms with Gasteiger partial charge in [-0.05, 0) is 43.6 Å². The molecule has 0 amide bonds. The van der Waals surface area contributed by atoms with Gasteiger partial charge in [-0.2, -0.15) is 0 Å². The quantitative estimate of drug-likeness (QED) is 0.797. The van der Waals surface area contributed by atoms with Crippen molar-refractivity contribution in [3.63, 3.8) is 0 Å². The van der Waals surface area contributed by atoms with Crippen molar-refractivity contribution >= 4 is 0 Å². The number of nitrogens with two attached hydrogens (primary N) is 1. The van der Waals surface area contributed by atoms with Crippen LogP contribution in [-0.4, -0.2) is 29.0 Å². The Balaban J connectivity index is 2.62. The Morgan fingerprint density at radius 1 is 1.31 bits per heavy atom. The van der Waals surface area contributed by atoms with Crippen LogP contribution in [-0.2, 0) is 6.54 Å². The topological polar surface area (TPSA) is 42.2 Å². The molecule has 2 atom stereocenters. The van der Waals surface area contributed by atoms with Crippen LogP contribution in [0.15, 0.2) is 24.5 Å². The van der Waals surface area contributed by atoms with E-state index in [2.05, 4.69) is 42.8 Å². The first-order valence-electron chi connectivity index (χ1n) is 6.02. The molecule has 0 radical (unpaired) electrons. The second-order valence-electron chi connectivity index (χ2n) is 4.37. The zero-order valence-electron chi connectivity index (χ0n) is 10.6. The predicted octanol–water partition coefficient (Wildman–Crippen LogP) is 1.89. The van der Waals surface area contributed by atoms with Crippen molar-refractivity contribution in [2.24, 2.45) is 11.7 Å². The molecule has 0 saturated heterocycles. The summed E-state index contributed by atoms with van der Waals surface area (Å²) in [4.78, 5) is 6.49. The molecule has 3 nitrogen and oxygen atoms in total. The van der Waals surface area contributed by atoms with Crippen LogP contribution in [0.1, 0.15) is 26.3 Å². The minimum Gasteiger partial charge on any atom is -0.330 e. The van der Waals surface area contributed by atoms with Crippen LogP contribution in [0.5, 0.6) is 0 Å². The van der Waals surface area contributed by atoms with E-state index >= 15 is 0 Å². The van der Waals surface area contributed by atoms with Gasteiger partial charge in [-0.3, -0.25) is 9.88 Å². The van der Waals surface area contributed by atoms with Crippen LogP contribution in [0, 0.1) is 5.92 Å². The Morgan fingerprint density at radius 2 is 1.94 bits per heavy atom. The number of pyridine rings is 1. The molecule has 1 heterocycles. The van der Waals surface area contributed by atoms with E-state index in [9.17, 15) is 0 Å². The van der Waals surface area contributed by atoms with Crippen molar-refractivity contribution < 1.29 is 0 Å². The molecular weight excluding hydrogens is 198 g/mol. The maximum Gasteiger partial charge on any atom is 0.0271 e. The third-order valence-electron chi connectivity index (χ3n) is 3.31. The van der Waals surface area contributed by atoms with Gasteiger partial charge in [0.15, 0.2) is 0 Å². The molecule has 1 aromatic rings. The van der Waals surface area contributed by atoms with Crippen molar-refractivity contribution in [3.8, 4) is 0 Å². The monoisotopic (exact) mass is 221 g/mol. The van der Waals surface area contributed by atoms with Crippen LogP contribution >= 0.6 is 0 Å². The molecule has 0 aromatic carbocycles. The predicted molar refractivity (Wildman–Crippen MR) is 68.0 cm³/mol. The first-order valence-corrected chi connectivity index (χ1v) is 6.02. The van der Waals surface area contributed by atoms with Crippen molar-refractivity contribution in [2.45, 2.75) is 33.4 Å². The molecular formula is C13H23N3. The number of hydrogen-bond acceptors (Lipinski definition) is 3. The average Bonchev–Trinajstić information content (AvgIpc) is 2.35. The molecule has 0 aliphatic carbocycles. The molecule has 0 aliphatic heterocycles. The van der Waals surface area contributed by atoms with E-state index in [1.165, 1.54) is 5.56 Å². The summed E-state index contributed by atoms with van der Waals surface area (Å²) in [5, 5.41) is 0. The van der Waals surface area contributed by atoms with Gasteiger partial charge in [-0.25, -0.2) is 0 Å². The van der Waals surface area contributed by atoms with Gasteiger partial charge >= 0.3 is 0 Å². The van der Waals surface area contributed by atoms with E-state index in [4.69, 9.17) is 5.73 Å². The van der Waals surface area contributed by atoms with E-state index < -0.39 is 0 Å². The lowest BCUT2D eigenvalue weighted by atomic mass is 10.0. The maximum absolute atomic E-state index is 5.72. The fourth-order valence-electron chi connectivity index (χ4n) is 1.82. The van der Waals surface area contributed by atoms with Gasteiger partial charge in [0.05, 0.1) is 0 Å². The van der Waals surface area contributed by atoms with E-state index in [1.54, 1.807) is 0 Å². The van der Waals surface area contributed by atoms with Gasteiger partial charge in [-0.1, -0.05) is 13.8 Å². The van der Waals surface area contributed by atoms with Gasteiger partial charge in [-0.15, -0.1) is 0 Å². The molecule has 90 valence electrons. The van der Waals surface area contributed by atoms with Crippen LogP contribution in [0.25, 0.3) is 0 Å². The SMILES string of the molecule is CCN(Cc1ccncc1)C(C)C(C)CN. The highest BCUT2D eigenvalue weighted by Crippen LogP contribution is 2.13. The average molecular weight is 221 g/mol. The standard InChI is InChI=1S/C13H23N3/c1-4-16(12(3)11(2)9-14)10-13-5-7-15-8-6-13/h5-8,11-12H,4,9-10,14H2,1-3H3. The van der Waals surface area contributed by atoms with Crippen molar-refractivity contribution in [2.75, 3.05) is 13.1 Å². The van der Waals surface area contributed by atoms with Crippen LogP contribution in [0.3, 0.4) is 0 Å². The Labute approximate surface area is 98.7 Å². The fourth-order valence-corrected chi connectivity index (χ4v) is 1.82. The van der Waals surface area contributed by atoms with Crippen LogP contribution < -0.4 is 5.73 Å². The minimum atomic E-state index is 0.517. The van der Waals surface area contributed by atoms with Crippen molar-refractivity contribution in [1.82, 2.24) is 9.88 Å². The second-order valence-corrected chi connectivity index (χ2v) is 4.37. The minimum absolute atomic E-state index is 0.517. The highest BCUT2D eigenvalue weighted by molar-refractivity contribution is 5.09. The molecule has 2 N–H and O–H groups in total.